The summed E-state index contributed by atoms with van der Waals surface area (Å²) in [6.45, 7) is 5.46. The summed E-state index contributed by atoms with van der Waals surface area (Å²) < 4.78 is 11.1. The molecule has 0 radical (unpaired) electrons. The Labute approximate surface area is 155 Å². The lowest BCUT2D eigenvalue weighted by Gasteiger charge is -2.21. The molecule has 0 amide bonds. The molecule has 0 aromatic heterocycles. The van der Waals surface area contributed by atoms with Gasteiger partial charge in [-0.05, 0) is 63.1 Å². The molecule has 2 rings (SSSR count). The summed E-state index contributed by atoms with van der Waals surface area (Å²) in [6, 6.07) is 17.4. The maximum atomic E-state index is 11.1. The van der Waals surface area contributed by atoms with E-state index in [1.54, 1.807) is 0 Å². The molecule has 0 saturated heterocycles. The highest BCUT2D eigenvalue weighted by Crippen LogP contribution is 2.19. The molecule has 26 heavy (non-hydrogen) atoms. The minimum Gasteiger partial charge on any atom is -0.492 e. The quantitative estimate of drug-likeness (QED) is 0.602. The molecule has 5 nitrogen and oxygen atoms in total. The number of carboxylic acid groups (broad SMARTS) is 1. The number of hydrogen-bond acceptors (Lipinski definition) is 4. The first kappa shape index (κ1) is 19.8. The summed E-state index contributed by atoms with van der Waals surface area (Å²) in [5.74, 6) is 0.476. The second kappa shape index (κ2) is 9.82. The van der Waals surface area contributed by atoms with E-state index in [2.05, 4.69) is 5.32 Å². The molecule has 0 aliphatic carbocycles. The highest BCUT2D eigenvalue weighted by molar-refractivity contribution is 5.76. The van der Waals surface area contributed by atoms with E-state index in [4.69, 9.17) is 14.6 Å². The van der Waals surface area contributed by atoms with E-state index < -0.39 is 11.6 Å². The van der Waals surface area contributed by atoms with Crippen molar-refractivity contribution in [3.8, 4) is 11.5 Å². The lowest BCUT2D eigenvalue weighted by Crippen LogP contribution is -2.37. The fourth-order valence-electron chi connectivity index (χ4n) is 2.36. The first-order valence-electron chi connectivity index (χ1n) is 8.87. The molecule has 0 unspecified atom stereocenters. The third-order valence-corrected chi connectivity index (χ3v) is 3.92. The summed E-state index contributed by atoms with van der Waals surface area (Å²) in [4.78, 5) is 11.1. The number of carboxylic acids is 1. The normalized spacial score (nSPS) is 11.2. The topological polar surface area (TPSA) is 67.8 Å². The van der Waals surface area contributed by atoms with E-state index in [0.29, 0.717) is 12.4 Å². The molecule has 0 fully saturated rings. The number of ether oxygens (including phenoxy) is 2. The van der Waals surface area contributed by atoms with Crippen LogP contribution in [0.3, 0.4) is 0 Å². The SMILES string of the molecule is CC(C)(Oc1ccc(CCCNCCOc2ccccc2)cc1)C(=O)O. The van der Waals surface area contributed by atoms with Gasteiger partial charge in [0.1, 0.15) is 18.1 Å². The lowest BCUT2D eigenvalue weighted by molar-refractivity contribution is -0.152. The zero-order valence-electron chi connectivity index (χ0n) is 15.4. The van der Waals surface area contributed by atoms with Gasteiger partial charge in [0.15, 0.2) is 5.60 Å². The molecule has 5 heteroatoms. The van der Waals surface area contributed by atoms with Gasteiger partial charge < -0.3 is 19.9 Å². The van der Waals surface area contributed by atoms with Crippen LogP contribution in [0, 0.1) is 0 Å². The lowest BCUT2D eigenvalue weighted by atomic mass is 10.1. The number of carbonyl (C=O) groups is 1. The van der Waals surface area contributed by atoms with Crippen LogP contribution >= 0.6 is 0 Å². The van der Waals surface area contributed by atoms with Crippen LogP contribution in [-0.4, -0.2) is 36.4 Å². The summed E-state index contributed by atoms with van der Waals surface area (Å²) in [5, 5.41) is 12.5. The van der Waals surface area contributed by atoms with Gasteiger partial charge in [-0.2, -0.15) is 0 Å². The van der Waals surface area contributed by atoms with Gasteiger partial charge in [-0.25, -0.2) is 4.79 Å². The zero-order valence-corrected chi connectivity index (χ0v) is 15.4. The van der Waals surface area contributed by atoms with Crippen LogP contribution in [-0.2, 0) is 11.2 Å². The summed E-state index contributed by atoms with van der Waals surface area (Å²) >= 11 is 0. The van der Waals surface area contributed by atoms with E-state index in [9.17, 15) is 4.79 Å². The molecule has 0 aliphatic rings. The average molecular weight is 357 g/mol. The number of benzene rings is 2. The smallest absolute Gasteiger partial charge is 0.347 e. The van der Waals surface area contributed by atoms with Crippen molar-refractivity contribution in [1.82, 2.24) is 5.32 Å². The molecule has 0 heterocycles. The van der Waals surface area contributed by atoms with Gasteiger partial charge in [0.25, 0.3) is 0 Å². The minimum absolute atomic E-state index is 0.567. The van der Waals surface area contributed by atoms with E-state index in [1.807, 2.05) is 54.6 Å². The van der Waals surface area contributed by atoms with Gasteiger partial charge in [-0.15, -0.1) is 0 Å². The maximum Gasteiger partial charge on any atom is 0.347 e. The van der Waals surface area contributed by atoms with Crippen molar-refractivity contribution in [1.29, 1.82) is 0 Å². The van der Waals surface area contributed by atoms with Gasteiger partial charge in [-0.3, -0.25) is 0 Å². The van der Waals surface area contributed by atoms with Crippen LogP contribution in [0.4, 0.5) is 0 Å². The third-order valence-electron chi connectivity index (χ3n) is 3.92. The van der Waals surface area contributed by atoms with Gasteiger partial charge >= 0.3 is 5.97 Å². The Balaban J connectivity index is 1.60. The third kappa shape index (κ3) is 6.76. The van der Waals surface area contributed by atoms with Crippen molar-refractivity contribution in [2.24, 2.45) is 0 Å². The van der Waals surface area contributed by atoms with Crippen molar-refractivity contribution >= 4 is 5.97 Å². The van der Waals surface area contributed by atoms with E-state index >= 15 is 0 Å². The molecule has 0 saturated carbocycles. The maximum absolute atomic E-state index is 11.1. The molecular weight excluding hydrogens is 330 g/mol. The van der Waals surface area contributed by atoms with Crippen LogP contribution in [0.5, 0.6) is 11.5 Å². The largest absolute Gasteiger partial charge is 0.492 e. The molecule has 0 aliphatic heterocycles. The first-order valence-corrected chi connectivity index (χ1v) is 8.87. The van der Waals surface area contributed by atoms with Crippen LogP contribution < -0.4 is 14.8 Å². The van der Waals surface area contributed by atoms with Gasteiger partial charge in [0.05, 0.1) is 0 Å². The molecule has 140 valence electrons. The van der Waals surface area contributed by atoms with E-state index in [1.165, 1.54) is 19.4 Å². The monoisotopic (exact) mass is 357 g/mol. The predicted molar refractivity (Wildman–Crippen MR) is 102 cm³/mol. The first-order chi connectivity index (χ1) is 12.5. The van der Waals surface area contributed by atoms with Crippen LogP contribution in [0.15, 0.2) is 54.6 Å². The van der Waals surface area contributed by atoms with Crippen LogP contribution in [0.2, 0.25) is 0 Å². The standard InChI is InChI=1S/C21H27NO4/c1-21(2,20(23)24)26-19-12-10-17(11-13-19)7-6-14-22-15-16-25-18-8-4-3-5-9-18/h3-5,8-13,22H,6-7,14-16H2,1-2H3,(H,23,24). The fraction of sp³-hybridized carbons (Fsp3) is 0.381. The van der Waals surface area contributed by atoms with E-state index in [0.717, 1.165) is 31.7 Å². The zero-order chi connectivity index (χ0) is 18.8. The Kier molecular flexibility index (Phi) is 7.48. The number of aliphatic carboxylic acids is 1. The van der Waals surface area contributed by atoms with Crippen LogP contribution in [0.1, 0.15) is 25.8 Å². The molecule has 2 aromatic carbocycles. The Bertz CT molecular complexity index is 668. The highest BCUT2D eigenvalue weighted by atomic mass is 16.5. The number of rotatable bonds is 11. The number of para-hydroxylation sites is 1. The number of aryl methyl sites for hydroxylation is 1. The summed E-state index contributed by atoms with van der Waals surface area (Å²) in [6.07, 6.45) is 1.97. The molecule has 2 N–H and O–H groups in total. The Morgan fingerprint density at radius 2 is 1.69 bits per heavy atom. The van der Waals surface area contributed by atoms with E-state index in [-0.39, 0.29) is 0 Å². The summed E-state index contributed by atoms with van der Waals surface area (Å²) in [5.41, 5.74) is -0.0272. The molecule has 0 spiro atoms. The molecule has 0 bridgehead atoms. The van der Waals surface area contributed by atoms with Gasteiger partial charge in [0.2, 0.25) is 0 Å². The number of nitrogens with one attached hydrogen (secondary N) is 1. The second-order valence-corrected chi connectivity index (χ2v) is 6.58. The van der Waals surface area contributed by atoms with Crippen molar-refractivity contribution in [2.75, 3.05) is 19.7 Å². The molecule has 2 aromatic rings. The van der Waals surface area contributed by atoms with Crippen molar-refractivity contribution in [2.45, 2.75) is 32.3 Å². The predicted octanol–water partition coefficient (Wildman–Crippen LogP) is 3.53. The Hall–Kier alpha value is -2.53. The van der Waals surface area contributed by atoms with Gasteiger partial charge in [0, 0.05) is 6.54 Å². The van der Waals surface area contributed by atoms with Gasteiger partial charge in [-0.1, -0.05) is 30.3 Å². The Morgan fingerprint density at radius 3 is 2.35 bits per heavy atom. The highest BCUT2D eigenvalue weighted by Gasteiger charge is 2.29. The minimum atomic E-state index is -1.23. The second-order valence-electron chi connectivity index (χ2n) is 6.58. The van der Waals surface area contributed by atoms with Crippen molar-refractivity contribution in [3.05, 3.63) is 60.2 Å². The fourth-order valence-corrected chi connectivity index (χ4v) is 2.36. The van der Waals surface area contributed by atoms with Crippen molar-refractivity contribution < 1.29 is 19.4 Å². The average Bonchev–Trinajstić information content (AvgIpc) is 2.63. The molecule has 0 atom stereocenters. The van der Waals surface area contributed by atoms with Crippen molar-refractivity contribution in [3.63, 3.8) is 0 Å². The Morgan fingerprint density at radius 1 is 1.00 bits per heavy atom. The number of hydrogen-bond donors (Lipinski definition) is 2. The summed E-state index contributed by atoms with van der Waals surface area (Å²) in [7, 11) is 0. The van der Waals surface area contributed by atoms with Crippen LogP contribution in [0.25, 0.3) is 0 Å². The molecular formula is C21H27NO4.